The number of methoxy groups -OCH3 is 2. The van der Waals surface area contributed by atoms with Gasteiger partial charge < -0.3 is 20.1 Å². The van der Waals surface area contributed by atoms with Crippen molar-refractivity contribution >= 4 is 5.91 Å². The monoisotopic (exact) mass is 230 g/mol. The van der Waals surface area contributed by atoms with Crippen LogP contribution in [0.5, 0.6) is 0 Å². The molecule has 94 valence electrons. The molecule has 5 heteroatoms. The lowest BCUT2D eigenvalue weighted by molar-refractivity contribution is -0.130. The Balaban J connectivity index is 2.33. The smallest absolute Gasteiger partial charge is 0.237 e. The van der Waals surface area contributed by atoms with Gasteiger partial charge in [0.2, 0.25) is 5.91 Å². The Morgan fingerprint density at radius 2 is 2.19 bits per heavy atom. The number of carbonyl (C=O) groups is 1. The Morgan fingerprint density at radius 3 is 2.75 bits per heavy atom. The van der Waals surface area contributed by atoms with Gasteiger partial charge in [0.25, 0.3) is 0 Å². The predicted molar refractivity (Wildman–Crippen MR) is 61.0 cm³/mol. The van der Waals surface area contributed by atoms with Gasteiger partial charge in [0, 0.05) is 14.2 Å². The summed E-state index contributed by atoms with van der Waals surface area (Å²) in [5.41, 5.74) is 0. The first kappa shape index (κ1) is 13.4. The zero-order valence-corrected chi connectivity index (χ0v) is 10.3. The van der Waals surface area contributed by atoms with Crippen LogP contribution >= 0.6 is 0 Å². The molecule has 2 N–H and O–H groups in total. The van der Waals surface area contributed by atoms with Crippen LogP contribution in [0.25, 0.3) is 0 Å². The molecule has 0 aromatic carbocycles. The molecule has 1 amide bonds. The molecule has 0 spiro atoms. The summed E-state index contributed by atoms with van der Waals surface area (Å²) in [7, 11) is 3.11. The molecule has 1 heterocycles. The average Bonchev–Trinajstić information content (AvgIpc) is 2.30. The zero-order valence-electron chi connectivity index (χ0n) is 10.3. The second-order valence-corrected chi connectivity index (χ2v) is 4.20. The first-order valence-corrected chi connectivity index (χ1v) is 5.75. The summed E-state index contributed by atoms with van der Waals surface area (Å²) < 4.78 is 10.0. The first-order chi connectivity index (χ1) is 7.69. The highest BCUT2D eigenvalue weighted by molar-refractivity contribution is 5.82. The van der Waals surface area contributed by atoms with Crippen molar-refractivity contribution < 1.29 is 14.3 Å². The third-order valence-electron chi connectivity index (χ3n) is 3.02. The number of hydrogen-bond donors (Lipinski definition) is 2. The van der Waals surface area contributed by atoms with Gasteiger partial charge in [-0.15, -0.1) is 0 Å². The fourth-order valence-electron chi connectivity index (χ4n) is 1.96. The standard InChI is InChI=1S/C11H22N2O3/c1-8-5-4-6-12-10(8)11(14)13-7-9(15-2)16-3/h8-10,12H,4-7H2,1-3H3,(H,13,14). The molecule has 0 aliphatic carbocycles. The molecule has 0 bridgehead atoms. The van der Waals surface area contributed by atoms with Crippen molar-refractivity contribution in [3.8, 4) is 0 Å². The molecule has 0 radical (unpaired) electrons. The summed E-state index contributed by atoms with van der Waals surface area (Å²) in [6.45, 7) is 3.40. The van der Waals surface area contributed by atoms with Crippen molar-refractivity contribution in [2.75, 3.05) is 27.3 Å². The molecule has 1 aliphatic heterocycles. The Kier molecular flexibility index (Phi) is 5.73. The maximum atomic E-state index is 11.9. The van der Waals surface area contributed by atoms with Crippen LogP contribution in [-0.2, 0) is 14.3 Å². The largest absolute Gasteiger partial charge is 0.354 e. The molecule has 1 saturated heterocycles. The second-order valence-electron chi connectivity index (χ2n) is 4.20. The molecule has 0 aromatic rings. The van der Waals surface area contributed by atoms with Crippen LogP contribution in [0.4, 0.5) is 0 Å². The number of nitrogens with one attached hydrogen (secondary N) is 2. The van der Waals surface area contributed by atoms with Gasteiger partial charge in [-0.25, -0.2) is 0 Å². The molecule has 0 aromatic heterocycles. The lowest BCUT2D eigenvalue weighted by Gasteiger charge is -2.29. The van der Waals surface area contributed by atoms with Crippen molar-refractivity contribution in [2.45, 2.75) is 32.1 Å². The van der Waals surface area contributed by atoms with E-state index in [1.807, 2.05) is 0 Å². The Morgan fingerprint density at radius 1 is 1.50 bits per heavy atom. The second kappa shape index (κ2) is 6.83. The van der Waals surface area contributed by atoms with E-state index in [4.69, 9.17) is 9.47 Å². The van der Waals surface area contributed by atoms with Crippen molar-refractivity contribution in [3.05, 3.63) is 0 Å². The van der Waals surface area contributed by atoms with Gasteiger partial charge in [0.1, 0.15) is 0 Å². The van der Waals surface area contributed by atoms with Crippen LogP contribution in [0.2, 0.25) is 0 Å². The van der Waals surface area contributed by atoms with Gasteiger partial charge in [0.05, 0.1) is 12.6 Å². The van der Waals surface area contributed by atoms with E-state index in [-0.39, 0.29) is 18.2 Å². The SMILES string of the molecule is COC(CNC(=O)C1NCCCC1C)OC. The molecular formula is C11H22N2O3. The maximum absolute atomic E-state index is 11.9. The first-order valence-electron chi connectivity index (χ1n) is 5.75. The highest BCUT2D eigenvalue weighted by Crippen LogP contribution is 2.15. The molecule has 5 nitrogen and oxygen atoms in total. The average molecular weight is 230 g/mol. The van der Waals surface area contributed by atoms with Gasteiger partial charge in [-0.3, -0.25) is 4.79 Å². The van der Waals surface area contributed by atoms with Crippen LogP contribution in [0.3, 0.4) is 0 Å². The maximum Gasteiger partial charge on any atom is 0.237 e. The topological polar surface area (TPSA) is 59.6 Å². The van der Waals surface area contributed by atoms with Crippen molar-refractivity contribution in [1.82, 2.24) is 10.6 Å². The minimum Gasteiger partial charge on any atom is -0.354 e. The number of ether oxygens (including phenoxy) is 2. The van der Waals surface area contributed by atoms with Gasteiger partial charge >= 0.3 is 0 Å². The molecule has 2 unspecified atom stereocenters. The Labute approximate surface area is 96.9 Å². The van der Waals surface area contributed by atoms with E-state index in [1.54, 1.807) is 14.2 Å². The summed E-state index contributed by atoms with van der Waals surface area (Å²) >= 11 is 0. The summed E-state index contributed by atoms with van der Waals surface area (Å²) in [6.07, 6.45) is 1.87. The van der Waals surface area contributed by atoms with Crippen LogP contribution in [0.1, 0.15) is 19.8 Å². The third-order valence-corrected chi connectivity index (χ3v) is 3.02. The van der Waals surface area contributed by atoms with E-state index in [0.29, 0.717) is 12.5 Å². The van der Waals surface area contributed by atoms with Crippen LogP contribution in [0.15, 0.2) is 0 Å². The summed E-state index contributed by atoms with van der Waals surface area (Å²) in [4.78, 5) is 11.9. The minimum atomic E-state index is -0.372. The molecule has 1 rings (SSSR count). The fourth-order valence-corrected chi connectivity index (χ4v) is 1.96. The van der Waals surface area contributed by atoms with Crippen LogP contribution in [-0.4, -0.2) is 45.5 Å². The zero-order chi connectivity index (χ0) is 12.0. The fraction of sp³-hybridized carbons (Fsp3) is 0.909. The quantitative estimate of drug-likeness (QED) is 0.658. The summed E-state index contributed by atoms with van der Waals surface area (Å²) in [5.74, 6) is 0.420. The number of hydrogen-bond acceptors (Lipinski definition) is 4. The molecule has 2 atom stereocenters. The van der Waals surface area contributed by atoms with E-state index in [1.165, 1.54) is 0 Å². The number of carbonyl (C=O) groups excluding carboxylic acids is 1. The molecule has 0 saturated carbocycles. The van der Waals surface area contributed by atoms with E-state index < -0.39 is 0 Å². The summed E-state index contributed by atoms with van der Waals surface area (Å²) in [6, 6.07) is -0.0805. The van der Waals surface area contributed by atoms with Gasteiger partial charge in [-0.2, -0.15) is 0 Å². The number of amides is 1. The van der Waals surface area contributed by atoms with Gasteiger partial charge in [0.15, 0.2) is 6.29 Å². The third kappa shape index (κ3) is 3.73. The number of rotatable bonds is 5. The van der Waals surface area contributed by atoms with Crippen LogP contribution in [0, 0.1) is 5.92 Å². The van der Waals surface area contributed by atoms with Gasteiger partial charge in [-0.1, -0.05) is 6.92 Å². The predicted octanol–water partition coefficient (Wildman–Crippen LogP) is 0.110. The van der Waals surface area contributed by atoms with E-state index in [9.17, 15) is 4.79 Å². The lowest BCUT2D eigenvalue weighted by Crippen LogP contribution is -2.52. The molecular weight excluding hydrogens is 208 g/mol. The molecule has 1 fully saturated rings. The minimum absolute atomic E-state index is 0.0336. The van der Waals surface area contributed by atoms with E-state index >= 15 is 0 Å². The normalized spacial score (nSPS) is 25.8. The van der Waals surface area contributed by atoms with Crippen molar-refractivity contribution in [1.29, 1.82) is 0 Å². The van der Waals surface area contributed by atoms with Gasteiger partial charge in [-0.05, 0) is 25.3 Å². The lowest BCUT2D eigenvalue weighted by atomic mass is 9.92. The Bertz CT molecular complexity index is 219. The van der Waals surface area contributed by atoms with E-state index in [2.05, 4.69) is 17.6 Å². The highest BCUT2D eigenvalue weighted by Gasteiger charge is 2.27. The van der Waals surface area contributed by atoms with Crippen LogP contribution < -0.4 is 10.6 Å². The number of piperidine rings is 1. The molecule has 16 heavy (non-hydrogen) atoms. The van der Waals surface area contributed by atoms with E-state index in [0.717, 1.165) is 19.4 Å². The summed E-state index contributed by atoms with van der Waals surface area (Å²) in [5, 5.41) is 6.07. The highest BCUT2D eigenvalue weighted by atomic mass is 16.7. The van der Waals surface area contributed by atoms with Crippen molar-refractivity contribution in [2.24, 2.45) is 5.92 Å². The van der Waals surface area contributed by atoms with Crippen molar-refractivity contribution in [3.63, 3.8) is 0 Å². The Hall–Kier alpha value is -0.650. The molecule has 1 aliphatic rings.